The lowest BCUT2D eigenvalue weighted by Gasteiger charge is -2.15. The quantitative estimate of drug-likeness (QED) is 0.162. The van der Waals surface area contributed by atoms with Gasteiger partial charge in [-0.2, -0.15) is 0 Å². The fourth-order valence-corrected chi connectivity index (χ4v) is 3.04. The van der Waals surface area contributed by atoms with Gasteiger partial charge in [-0.25, -0.2) is 4.79 Å². The van der Waals surface area contributed by atoms with Crippen LogP contribution < -0.4 is 9.47 Å². The zero-order chi connectivity index (χ0) is 23.7. The highest BCUT2D eigenvalue weighted by Crippen LogP contribution is 2.33. The topological polar surface area (TPSA) is 136 Å². The van der Waals surface area contributed by atoms with Gasteiger partial charge in [0.25, 0.3) is 5.69 Å². The van der Waals surface area contributed by atoms with Gasteiger partial charge in [0.2, 0.25) is 0 Å². The molecule has 0 bridgehead atoms. The first kappa shape index (κ1) is 24.4. The molecule has 9 nitrogen and oxygen atoms in total. The summed E-state index contributed by atoms with van der Waals surface area (Å²) in [6.45, 7) is 3.89. The van der Waals surface area contributed by atoms with E-state index in [2.05, 4.69) is 0 Å². The highest BCUT2D eigenvalue weighted by Gasteiger charge is 2.16. The smallest absolute Gasteiger partial charge is 0.328 e. The molecule has 170 valence electrons. The molecule has 0 aromatic heterocycles. The van der Waals surface area contributed by atoms with Gasteiger partial charge in [0, 0.05) is 24.1 Å². The molecule has 0 spiro atoms. The number of aromatic hydroxyl groups is 1. The van der Waals surface area contributed by atoms with Gasteiger partial charge < -0.3 is 19.7 Å². The normalized spacial score (nSPS) is 10.8. The summed E-state index contributed by atoms with van der Waals surface area (Å²) >= 11 is 0. The van der Waals surface area contributed by atoms with Gasteiger partial charge in [-0.05, 0) is 43.7 Å². The fraction of sp³-hybridized carbons (Fsp3) is 0.304. The van der Waals surface area contributed by atoms with Crippen molar-refractivity contribution >= 4 is 23.5 Å². The number of ketones is 1. The third kappa shape index (κ3) is 6.56. The summed E-state index contributed by atoms with van der Waals surface area (Å²) in [4.78, 5) is 32.8. The Balaban J connectivity index is 1.99. The van der Waals surface area contributed by atoms with E-state index in [1.54, 1.807) is 6.07 Å². The summed E-state index contributed by atoms with van der Waals surface area (Å²) in [6.07, 6.45) is 3.78. The Morgan fingerprint density at radius 1 is 1.16 bits per heavy atom. The Morgan fingerprint density at radius 2 is 1.88 bits per heavy atom. The van der Waals surface area contributed by atoms with E-state index >= 15 is 0 Å². The van der Waals surface area contributed by atoms with Crippen LogP contribution in [-0.2, 0) is 11.2 Å². The number of rotatable bonds is 12. The Labute approximate surface area is 185 Å². The molecule has 0 radical (unpaired) electrons. The second-order valence-corrected chi connectivity index (χ2v) is 6.94. The number of Topliss-reactive ketones (excluding diaryl/α,β-unsaturated/α-hetero) is 1. The first-order chi connectivity index (χ1) is 15.2. The van der Waals surface area contributed by atoms with Crippen LogP contribution >= 0.6 is 0 Å². The van der Waals surface area contributed by atoms with Gasteiger partial charge >= 0.3 is 5.97 Å². The maximum Gasteiger partial charge on any atom is 0.328 e. The maximum absolute atomic E-state index is 11.6. The van der Waals surface area contributed by atoms with E-state index < -0.39 is 10.9 Å². The van der Waals surface area contributed by atoms with Crippen molar-refractivity contribution in [1.29, 1.82) is 0 Å². The van der Waals surface area contributed by atoms with Gasteiger partial charge in [0.05, 0.1) is 29.3 Å². The van der Waals surface area contributed by atoms with Crippen LogP contribution in [0.15, 0.2) is 36.4 Å². The third-order valence-electron chi connectivity index (χ3n) is 4.54. The second kappa shape index (κ2) is 11.5. The number of phenols is 1. The monoisotopic (exact) mass is 443 g/mol. The van der Waals surface area contributed by atoms with Crippen LogP contribution in [0.4, 0.5) is 5.69 Å². The molecule has 2 rings (SSSR count). The lowest BCUT2D eigenvalue weighted by Crippen LogP contribution is -2.07. The molecule has 0 aliphatic heterocycles. The summed E-state index contributed by atoms with van der Waals surface area (Å²) in [6, 6.07) is 7.29. The Hall–Kier alpha value is -3.88. The van der Waals surface area contributed by atoms with Crippen LogP contribution in [0.3, 0.4) is 0 Å². The lowest BCUT2D eigenvalue weighted by molar-refractivity contribution is -0.385. The number of nitro benzene ring substituents is 1. The van der Waals surface area contributed by atoms with Crippen molar-refractivity contribution in [3.8, 4) is 17.2 Å². The van der Waals surface area contributed by atoms with Crippen molar-refractivity contribution in [2.24, 2.45) is 0 Å². The molecule has 0 atom stereocenters. The summed E-state index contributed by atoms with van der Waals surface area (Å²) in [5.41, 5.74) is 0.744. The summed E-state index contributed by atoms with van der Waals surface area (Å²) in [5, 5.41) is 30.2. The maximum atomic E-state index is 11.6. The molecule has 0 unspecified atom stereocenters. The van der Waals surface area contributed by atoms with Crippen LogP contribution in [-0.4, -0.2) is 40.1 Å². The second-order valence-electron chi connectivity index (χ2n) is 6.94. The molecule has 0 amide bonds. The molecular weight excluding hydrogens is 418 g/mol. The number of ether oxygens (including phenoxy) is 2. The van der Waals surface area contributed by atoms with E-state index in [1.807, 2.05) is 6.92 Å². The summed E-state index contributed by atoms with van der Waals surface area (Å²) < 4.78 is 11.4. The van der Waals surface area contributed by atoms with Gasteiger partial charge in [-0.15, -0.1) is 0 Å². The molecule has 32 heavy (non-hydrogen) atoms. The average molecular weight is 443 g/mol. The number of carbonyl (C=O) groups excluding carboxylic acids is 1. The molecule has 9 heteroatoms. The van der Waals surface area contributed by atoms with Crippen LogP contribution in [0, 0.1) is 10.1 Å². The van der Waals surface area contributed by atoms with Crippen LogP contribution in [0.25, 0.3) is 6.08 Å². The SMILES string of the molecule is CCCc1c(OCCCOc2ccc([N+](=O)[O-])c(C=CC(=O)O)c2)ccc(C(C)=O)c1O. The number of carbonyl (C=O) groups is 2. The van der Waals surface area contributed by atoms with E-state index in [1.165, 1.54) is 31.2 Å². The molecule has 0 aliphatic rings. The van der Waals surface area contributed by atoms with E-state index in [0.29, 0.717) is 29.9 Å². The number of hydrogen-bond donors (Lipinski definition) is 2. The number of aliphatic carboxylic acids is 1. The van der Waals surface area contributed by atoms with Crippen molar-refractivity contribution in [3.05, 3.63) is 63.2 Å². The van der Waals surface area contributed by atoms with Crippen molar-refractivity contribution < 1.29 is 34.2 Å². The predicted molar refractivity (Wildman–Crippen MR) is 117 cm³/mol. The molecule has 2 aromatic carbocycles. The highest BCUT2D eigenvalue weighted by molar-refractivity contribution is 5.97. The average Bonchev–Trinajstić information content (AvgIpc) is 2.73. The number of hydrogen-bond acceptors (Lipinski definition) is 7. The van der Waals surface area contributed by atoms with Crippen molar-refractivity contribution in [1.82, 2.24) is 0 Å². The Bertz CT molecular complexity index is 1030. The zero-order valence-electron chi connectivity index (χ0n) is 17.9. The first-order valence-corrected chi connectivity index (χ1v) is 10.0. The number of nitro groups is 1. The van der Waals surface area contributed by atoms with E-state index in [9.17, 15) is 24.8 Å². The van der Waals surface area contributed by atoms with Gasteiger partial charge in [-0.3, -0.25) is 14.9 Å². The number of phenolic OH excluding ortho intramolecular Hbond substituents is 1. The minimum absolute atomic E-state index is 0.0547. The number of carboxylic acids is 1. The standard InChI is InChI=1S/C23H25NO8/c1-3-5-19-21(10-8-18(15(2)25)23(19)28)32-13-4-12-31-17-7-9-20(24(29)30)16(14-17)6-11-22(26)27/h6-11,14,28H,3-5,12-13H2,1-2H3,(H,26,27). The van der Waals surface area contributed by atoms with Gasteiger partial charge in [0.1, 0.15) is 17.2 Å². The minimum Gasteiger partial charge on any atom is -0.507 e. The zero-order valence-corrected chi connectivity index (χ0v) is 17.9. The number of benzene rings is 2. The Morgan fingerprint density at radius 3 is 2.50 bits per heavy atom. The molecule has 2 aromatic rings. The molecule has 0 saturated carbocycles. The lowest BCUT2D eigenvalue weighted by atomic mass is 10.0. The van der Waals surface area contributed by atoms with Crippen molar-refractivity contribution in [2.45, 2.75) is 33.1 Å². The van der Waals surface area contributed by atoms with Crippen LogP contribution in [0.1, 0.15) is 48.2 Å². The molecule has 0 saturated heterocycles. The van der Waals surface area contributed by atoms with Gasteiger partial charge in [-0.1, -0.05) is 13.3 Å². The fourth-order valence-electron chi connectivity index (χ4n) is 3.04. The predicted octanol–water partition coefficient (Wildman–Crippen LogP) is 4.40. The Kier molecular flexibility index (Phi) is 8.76. The van der Waals surface area contributed by atoms with Crippen LogP contribution in [0.5, 0.6) is 17.2 Å². The van der Waals surface area contributed by atoms with Gasteiger partial charge in [0.15, 0.2) is 5.78 Å². The molecule has 0 aliphatic carbocycles. The largest absolute Gasteiger partial charge is 0.507 e. The summed E-state index contributed by atoms with van der Waals surface area (Å²) in [7, 11) is 0. The van der Waals surface area contributed by atoms with E-state index in [-0.39, 0.29) is 41.6 Å². The van der Waals surface area contributed by atoms with Crippen LogP contribution in [0.2, 0.25) is 0 Å². The third-order valence-corrected chi connectivity index (χ3v) is 4.54. The molecule has 0 fully saturated rings. The molecule has 0 heterocycles. The number of nitrogens with zero attached hydrogens (tertiary/aromatic N) is 1. The summed E-state index contributed by atoms with van der Waals surface area (Å²) in [5.74, 6) is -0.629. The van der Waals surface area contributed by atoms with E-state index in [4.69, 9.17) is 14.6 Å². The number of carboxylic acid groups (broad SMARTS) is 1. The molecule has 2 N–H and O–H groups in total. The van der Waals surface area contributed by atoms with E-state index in [0.717, 1.165) is 18.6 Å². The molecular formula is C23H25NO8. The minimum atomic E-state index is -1.22. The van der Waals surface area contributed by atoms with Crippen molar-refractivity contribution in [2.75, 3.05) is 13.2 Å². The van der Waals surface area contributed by atoms with Crippen molar-refractivity contribution in [3.63, 3.8) is 0 Å². The first-order valence-electron chi connectivity index (χ1n) is 10.0. The highest BCUT2D eigenvalue weighted by atomic mass is 16.6.